The summed E-state index contributed by atoms with van der Waals surface area (Å²) >= 11 is 0. The van der Waals surface area contributed by atoms with Crippen LogP contribution in [0.5, 0.6) is 0 Å². The molecule has 0 aliphatic rings. The fraction of sp³-hybridized carbons (Fsp3) is 0.556. The van der Waals surface area contributed by atoms with Crippen LogP contribution in [0.4, 0.5) is 0 Å². The predicted molar refractivity (Wildman–Crippen MR) is 86.3 cm³/mol. The summed E-state index contributed by atoms with van der Waals surface area (Å²) in [5.41, 5.74) is 3.83. The molecule has 1 aromatic carbocycles. The van der Waals surface area contributed by atoms with Crippen molar-refractivity contribution >= 4 is 11.0 Å². The smallest absolute Gasteiger partial charge is 0.138 e. The second-order valence-corrected chi connectivity index (χ2v) is 6.84. The van der Waals surface area contributed by atoms with E-state index in [1.54, 1.807) is 0 Å². The van der Waals surface area contributed by atoms with Crippen molar-refractivity contribution in [2.45, 2.75) is 66.0 Å². The molecule has 0 aliphatic heterocycles. The topological polar surface area (TPSA) is 25.2 Å². The van der Waals surface area contributed by atoms with Crippen LogP contribution >= 0.6 is 0 Å². The van der Waals surface area contributed by atoms with Gasteiger partial charge < -0.3 is 9.73 Å². The lowest BCUT2D eigenvalue weighted by molar-refractivity contribution is 0.393. The number of furan rings is 1. The standard InChI is InChI=1S/C18H27NO/c1-7-13-15-10-8-9-14(12(2)3)17(15)20-16(13)11-19-18(4,5)6/h8-10,12,19H,7,11H2,1-6H3. The maximum atomic E-state index is 6.22. The fourth-order valence-corrected chi connectivity index (χ4v) is 2.57. The first-order valence-electron chi connectivity index (χ1n) is 7.61. The molecule has 1 N–H and O–H groups in total. The summed E-state index contributed by atoms with van der Waals surface area (Å²) in [6.45, 7) is 14.0. The molecule has 0 saturated carbocycles. The summed E-state index contributed by atoms with van der Waals surface area (Å²) in [7, 11) is 0. The number of fused-ring (bicyclic) bond motifs is 1. The summed E-state index contributed by atoms with van der Waals surface area (Å²) in [6, 6.07) is 6.51. The van der Waals surface area contributed by atoms with Crippen molar-refractivity contribution in [2.24, 2.45) is 0 Å². The molecule has 0 saturated heterocycles. The minimum Gasteiger partial charge on any atom is -0.459 e. The van der Waals surface area contributed by atoms with Crippen LogP contribution in [0.15, 0.2) is 22.6 Å². The van der Waals surface area contributed by atoms with Gasteiger partial charge in [-0.15, -0.1) is 0 Å². The zero-order valence-electron chi connectivity index (χ0n) is 13.6. The van der Waals surface area contributed by atoms with Crippen LogP contribution in [0.3, 0.4) is 0 Å². The van der Waals surface area contributed by atoms with E-state index < -0.39 is 0 Å². The van der Waals surface area contributed by atoms with Gasteiger partial charge in [0, 0.05) is 16.5 Å². The zero-order valence-corrected chi connectivity index (χ0v) is 13.6. The highest BCUT2D eigenvalue weighted by Gasteiger charge is 2.18. The number of hydrogen-bond acceptors (Lipinski definition) is 2. The summed E-state index contributed by atoms with van der Waals surface area (Å²) in [5, 5.41) is 4.81. The van der Waals surface area contributed by atoms with Gasteiger partial charge in [0.15, 0.2) is 0 Å². The van der Waals surface area contributed by atoms with Crippen LogP contribution in [0.1, 0.15) is 64.3 Å². The first-order valence-corrected chi connectivity index (χ1v) is 7.61. The maximum absolute atomic E-state index is 6.22. The van der Waals surface area contributed by atoms with Crippen molar-refractivity contribution in [2.75, 3.05) is 0 Å². The molecule has 0 aliphatic carbocycles. The molecule has 0 radical (unpaired) electrons. The van der Waals surface area contributed by atoms with Crippen molar-refractivity contribution in [1.82, 2.24) is 5.32 Å². The molecular formula is C18H27NO. The maximum Gasteiger partial charge on any atom is 0.138 e. The normalized spacial score (nSPS) is 12.6. The highest BCUT2D eigenvalue weighted by Crippen LogP contribution is 2.32. The van der Waals surface area contributed by atoms with Gasteiger partial charge in [0.1, 0.15) is 11.3 Å². The van der Waals surface area contributed by atoms with Gasteiger partial charge in [0.25, 0.3) is 0 Å². The molecule has 0 atom stereocenters. The summed E-state index contributed by atoms with van der Waals surface area (Å²) in [6.07, 6.45) is 1.01. The minimum absolute atomic E-state index is 0.102. The Balaban J connectivity index is 2.47. The molecule has 2 rings (SSSR count). The molecular weight excluding hydrogens is 246 g/mol. The van der Waals surface area contributed by atoms with Crippen molar-refractivity contribution < 1.29 is 4.42 Å². The Morgan fingerprint density at radius 2 is 1.90 bits per heavy atom. The van der Waals surface area contributed by atoms with Crippen molar-refractivity contribution in [3.8, 4) is 0 Å². The fourth-order valence-electron chi connectivity index (χ4n) is 2.57. The number of aryl methyl sites for hydroxylation is 1. The number of rotatable bonds is 4. The van der Waals surface area contributed by atoms with Gasteiger partial charge in [0.2, 0.25) is 0 Å². The van der Waals surface area contributed by atoms with Crippen LogP contribution in [0, 0.1) is 0 Å². The molecule has 0 bridgehead atoms. The minimum atomic E-state index is 0.102. The number of para-hydroxylation sites is 1. The molecule has 1 heterocycles. The lowest BCUT2D eigenvalue weighted by atomic mass is 9.99. The Labute approximate surface area is 122 Å². The molecule has 0 fully saturated rings. The number of benzene rings is 1. The Morgan fingerprint density at radius 1 is 1.20 bits per heavy atom. The van der Waals surface area contributed by atoms with E-state index in [1.165, 1.54) is 16.5 Å². The van der Waals surface area contributed by atoms with E-state index in [4.69, 9.17) is 4.42 Å². The summed E-state index contributed by atoms with van der Waals surface area (Å²) < 4.78 is 6.22. The third kappa shape index (κ3) is 3.06. The highest BCUT2D eigenvalue weighted by molar-refractivity contribution is 5.85. The average molecular weight is 273 g/mol. The van der Waals surface area contributed by atoms with Crippen LogP contribution in [0.2, 0.25) is 0 Å². The molecule has 2 heteroatoms. The van der Waals surface area contributed by atoms with Gasteiger partial charge in [-0.2, -0.15) is 0 Å². The molecule has 2 aromatic rings. The van der Waals surface area contributed by atoms with Crippen LogP contribution in [-0.4, -0.2) is 5.54 Å². The molecule has 110 valence electrons. The second kappa shape index (κ2) is 5.61. The second-order valence-electron chi connectivity index (χ2n) is 6.84. The Morgan fingerprint density at radius 3 is 2.45 bits per heavy atom. The van der Waals surface area contributed by atoms with Gasteiger partial charge in [-0.05, 0) is 38.7 Å². The lowest BCUT2D eigenvalue weighted by Gasteiger charge is -2.19. The predicted octanol–water partition coefficient (Wildman–Crippen LogP) is 5.01. The largest absolute Gasteiger partial charge is 0.459 e. The SMILES string of the molecule is CCc1c(CNC(C)(C)C)oc2c(C(C)C)cccc12. The van der Waals surface area contributed by atoms with E-state index in [0.29, 0.717) is 5.92 Å². The average Bonchev–Trinajstić information content (AvgIpc) is 2.72. The van der Waals surface area contributed by atoms with Crippen LogP contribution in [0.25, 0.3) is 11.0 Å². The van der Waals surface area contributed by atoms with E-state index in [1.807, 2.05) is 0 Å². The van der Waals surface area contributed by atoms with Crippen molar-refractivity contribution in [3.05, 3.63) is 35.1 Å². The summed E-state index contributed by atoms with van der Waals surface area (Å²) in [4.78, 5) is 0. The van der Waals surface area contributed by atoms with E-state index >= 15 is 0 Å². The van der Waals surface area contributed by atoms with Crippen molar-refractivity contribution in [3.63, 3.8) is 0 Å². The summed E-state index contributed by atoms with van der Waals surface area (Å²) in [5.74, 6) is 1.57. The van der Waals surface area contributed by atoms with E-state index in [2.05, 4.69) is 65.1 Å². The monoisotopic (exact) mass is 273 g/mol. The van der Waals surface area contributed by atoms with Gasteiger partial charge in [0.05, 0.1) is 6.54 Å². The Bertz CT molecular complexity index is 587. The molecule has 20 heavy (non-hydrogen) atoms. The van der Waals surface area contributed by atoms with Gasteiger partial charge >= 0.3 is 0 Å². The van der Waals surface area contributed by atoms with Crippen LogP contribution in [-0.2, 0) is 13.0 Å². The molecule has 0 spiro atoms. The van der Waals surface area contributed by atoms with Gasteiger partial charge in [-0.1, -0.05) is 39.0 Å². The third-order valence-electron chi connectivity index (χ3n) is 3.69. The zero-order chi connectivity index (χ0) is 14.9. The highest BCUT2D eigenvalue weighted by atomic mass is 16.3. The first kappa shape index (κ1) is 15.1. The van der Waals surface area contributed by atoms with Crippen LogP contribution < -0.4 is 5.32 Å². The van der Waals surface area contributed by atoms with Crippen molar-refractivity contribution in [1.29, 1.82) is 0 Å². The molecule has 1 aromatic heterocycles. The van der Waals surface area contributed by atoms with Gasteiger partial charge in [-0.3, -0.25) is 0 Å². The van der Waals surface area contributed by atoms with E-state index in [9.17, 15) is 0 Å². The Kier molecular flexibility index (Phi) is 4.24. The van der Waals surface area contributed by atoms with E-state index in [0.717, 1.165) is 24.3 Å². The Hall–Kier alpha value is -1.28. The quantitative estimate of drug-likeness (QED) is 0.847. The van der Waals surface area contributed by atoms with E-state index in [-0.39, 0.29) is 5.54 Å². The number of nitrogens with one attached hydrogen (secondary N) is 1. The van der Waals surface area contributed by atoms with Gasteiger partial charge in [-0.25, -0.2) is 0 Å². The first-order chi connectivity index (χ1) is 9.33. The lowest BCUT2D eigenvalue weighted by Crippen LogP contribution is -2.35. The third-order valence-corrected chi connectivity index (χ3v) is 3.69. The molecule has 0 unspecified atom stereocenters. The number of hydrogen-bond donors (Lipinski definition) is 1. The molecule has 2 nitrogen and oxygen atoms in total. The molecule has 0 amide bonds.